The van der Waals surface area contributed by atoms with E-state index >= 15 is 0 Å². The summed E-state index contributed by atoms with van der Waals surface area (Å²) >= 11 is 0. The molecule has 0 saturated carbocycles. The molecule has 1 saturated heterocycles. The molecular formula is C15H17N3O4. The van der Waals surface area contributed by atoms with Gasteiger partial charge in [0.15, 0.2) is 6.29 Å². The summed E-state index contributed by atoms with van der Waals surface area (Å²) in [5, 5.41) is 9.75. The monoisotopic (exact) mass is 303 g/mol. The highest BCUT2D eigenvalue weighted by Gasteiger charge is 2.35. The van der Waals surface area contributed by atoms with Gasteiger partial charge < -0.3 is 10.0 Å². The Balaban J connectivity index is 2.24. The van der Waals surface area contributed by atoms with Gasteiger partial charge >= 0.3 is 5.69 Å². The second-order valence-corrected chi connectivity index (χ2v) is 5.57. The lowest BCUT2D eigenvalue weighted by molar-refractivity contribution is -0.148. The maximum Gasteiger partial charge on any atom is 0.329 e. The Morgan fingerprint density at radius 3 is 2.64 bits per heavy atom. The number of nitrogens with zero attached hydrogens (tertiary/aromatic N) is 3. The minimum absolute atomic E-state index is 0.301. The molecule has 0 aliphatic carbocycles. The molecule has 7 nitrogen and oxygen atoms in total. The number of aromatic nitrogens is 2. The number of para-hydroxylation sites is 1. The van der Waals surface area contributed by atoms with Crippen LogP contribution >= 0.6 is 0 Å². The van der Waals surface area contributed by atoms with Gasteiger partial charge in [-0.15, -0.1) is 0 Å². The van der Waals surface area contributed by atoms with E-state index in [1.807, 2.05) is 0 Å². The van der Waals surface area contributed by atoms with Crippen LogP contribution in [0.2, 0.25) is 0 Å². The molecule has 0 bridgehead atoms. The van der Waals surface area contributed by atoms with E-state index in [0.29, 0.717) is 35.7 Å². The Bertz CT molecular complexity index is 820. The molecular weight excluding hydrogens is 286 g/mol. The molecule has 1 aromatic heterocycles. The van der Waals surface area contributed by atoms with Crippen LogP contribution in [0.5, 0.6) is 0 Å². The standard InChI is InChI=1S/C15H17N3O4/c1-16-12(20)7-6-11(14(16)21)18-10-5-3-4-9(8-19)13(10)17(2)15(18)22/h3-5,8,11-12,20H,6-7H2,1-2H3. The van der Waals surface area contributed by atoms with Gasteiger partial charge in [0, 0.05) is 19.7 Å². The Hall–Kier alpha value is -2.41. The molecule has 0 radical (unpaired) electrons. The number of amides is 1. The van der Waals surface area contributed by atoms with Crippen molar-refractivity contribution in [3.05, 3.63) is 34.2 Å². The third kappa shape index (κ3) is 1.89. The van der Waals surface area contributed by atoms with Crippen LogP contribution in [-0.2, 0) is 11.8 Å². The van der Waals surface area contributed by atoms with Crippen LogP contribution in [0.3, 0.4) is 0 Å². The Kier molecular flexibility index (Phi) is 3.37. The van der Waals surface area contributed by atoms with Crippen LogP contribution in [0.1, 0.15) is 29.2 Å². The highest BCUT2D eigenvalue weighted by atomic mass is 16.3. The molecule has 2 aromatic rings. The number of hydrogen-bond acceptors (Lipinski definition) is 4. The van der Waals surface area contributed by atoms with Crippen molar-refractivity contribution in [2.75, 3.05) is 7.05 Å². The molecule has 1 aromatic carbocycles. The van der Waals surface area contributed by atoms with Gasteiger partial charge in [-0.3, -0.25) is 18.7 Å². The molecule has 1 aliphatic rings. The second-order valence-electron chi connectivity index (χ2n) is 5.57. The first-order chi connectivity index (χ1) is 10.5. The number of carbonyl (C=O) groups is 2. The fraction of sp³-hybridized carbons (Fsp3) is 0.400. The van der Waals surface area contributed by atoms with Crippen molar-refractivity contribution in [1.29, 1.82) is 0 Å². The summed E-state index contributed by atoms with van der Waals surface area (Å²) in [5.41, 5.74) is 1.14. The van der Waals surface area contributed by atoms with E-state index in [-0.39, 0.29) is 11.6 Å². The Morgan fingerprint density at radius 1 is 1.23 bits per heavy atom. The van der Waals surface area contributed by atoms with E-state index in [2.05, 4.69) is 0 Å². The normalized spacial score (nSPS) is 22.3. The van der Waals surface area contributed by atoms with Crippen molar-refractivity contribution in [3.63, 3.8) is 0 Å². The number of carbonyl (C=O) groups excluding carboxylic acids is 2. The summed E-state index contributed by atoms with van der Waals surface area (Å²) in [6.07, 6.45) is 0.669. The van der Waals surface area contributed by atoms with Gasteiger partial charge in [-0.05, 0) is 25.0 Å². The third-order valence-corrected chi connectivity index (χ3v) is 4.35. The number of aldehydes is 1. The summed E-state index contributed by atoms with van der Waals surface area (Å²) in [6.45, 7) is 0. The molecule has 1 amide bonds. The van der Waals surface area contributed by atoms with Crippen LogP contribution in [-0.4, -0.2) is 44.6 Å². The number of hydrogen-bond donors (Lipinski definition) is 1. The average molecular weight is 303 g/mol. The molecule has 22 heavy (non-hydrogen) atoms. The number of likely N-dealkylation sites (N-methyl/N-ethyl adjacent to an activating group) is 1. The van der Waals surface area contributed by atoms with Gasteiger partial charge in [-0.25, -0.2) is 4.79 Å². The number of fused-ring (bicyclic) bond motifs is 1. The maximum absolute atomic E-state index is 12.6. The molecule has 1 aliphatic heterocycles. The SMILES string of the molecule is CN1C(=O)C(n2c(=O)n(C)c3c(C=O)cccc32)CCC1O. The first-order valence-corrected chi connectivity index (χ1v) is 7.07. The van der Waals surface area contributed by atoms with Crippen LogP contribution in [0.4, 0.5) is 0 Å². The van der Waals surface area contributed by atoms with E-state index in [0.717, 1.165) is 0 Å². The van der Waals surface area contributed by atoms with Crippen molar-refractivity contribution in [1.82, 2.24) is 14.0 Å². The molecule has 2 unspecified atom stereocenters. The van der Waals surface area contributed by atoms with Gasteiger partial charge in [-0.2, -0.15) is 0 Å². The minimum atomic E-state index is -0.819. The largest absolute Gasteiger partial charge is 0.374 e. The maximum atomic E-state index is 12.6. The number of benzene rings is 1. The molecule has 2 heterocycles. The van der Waals surface area contributed by atoms with Gasteiger partial charge in [0.25, 0.3) is 0 Å². The van der Waals surface area contributed by atoms with E-state index in [4.69, 9.17) is 0 Å². The molecule has 116 valence electrons. The Labute approximate surface area is 126 Å². The van der Waals surface area contributed by atoms with E-state index in [1.165, 1.54) is 21.1 Å². The van der Waals surface area contributed by atoms with E-state index in [9.17, 15) is 19.5 Å². The second kappa shape index (κ2) is 5.10. The fourth-order valence-electron chi connectivity index (χ4n) is 3.11. The summed E-state index contributed by atoms with van der Waals surface area (Å²) in [5.74, 6) is -0.301. The van der Waals surface area contributed by atoms with Gasteiger partial charge in [0.1, 0.15) is 12.3 Å². The van der Waals surface area contributed by atoms with Crippen molar-refractivity contribution in [2.24, 2.45) is 7.05 Å². The topological polar surface area (TPSA) is 84.5 Å². The Morgan fingerprint density at radius 2 is 1.95 bits per heavy atom. The number of aliphatic hydroxyl groups excluding tert-OH is 1. The first kappa shape index (κ1) is 14.5. The molecule has 0 spiro atoms. The third-order valence-electron chi connectivity index (χ3n) is 4.35. The number of aliphatic hydroxyl groups is 1. The number of aryl methyl sites for hydroxylation is 1. The quantitative estimate of drug-likeness (QED) is 0.807. The summed E-state index contributed by atoms with van der Waals surface area (Å²) < 4.78 is 2.81. The molecule has 3 rings (SSSR count). The van der Waals surface area contributed by atoms with Crippen molar-refractivity contribution < 1.29 is 14.7 Å². The lowest BCUT2D eigenvalue weighted by atomic mass is 10.0. The van der Waals surface area contributed by atoms with Gasteiger partial charge in [0.05, 0.1) is 11.0 Å². The summed E-state index contributed by atoms with van der Waals surface area (Å²) in [6, 6.07) is 4.39. The highest BCUT2D eigenvalue weighted by Crippen LogP contribution is 2.28. The predicted octanol–water partition coefficient (Wildman–Crippen LogP) is 0.264. The zero-order valence-corrected chi connectivity index (χ0v) is 12.4. The van der Waals surface area contributed by atoms with Crippen LogP contribution < -0.4 is 5.69 Å². The van der Waals surface area contributed by atoms with Crippen molar-refractivity contribution >= 4 is 23.2 Å². The first-order valence-electron chi connectivity index (χ1n) is 7.07. The smallest absolute Gasteiger partial charge is 0.329 e. The van der Waals surface area contributed by atoms with E-state index < -0.39 is 12.3 Å². The highest BCUT2D eigenvalue weighted by molar-refractivity contribution is 5.95. The molecule has 2 atom stereocenters. The molecule has 1 N–H and O–H groups in total. The number of piperidine rings is 1. The predicted molar refractivity (Wildman–Crippen MR) is 79.6 cm³/mol. The van der Waals surface area contributed by atoms with Crippen molar-refractivity contribution in [2.45, 2.75) is 25.1 Å². The number of rotatable bonds is 2. The zero-order chi connectivity index (χ0) is 16.0. The number of imidazole rings is 1. The lowest BCUT2D eigenvalue weighted by Gasteiger charge is -2.34. The molecule has 7 heteroatoms. The van der Waals surface area contributed by atoms with Crippen molar-refractivity contribution in [3.8, 4) is 0 Å². The molecule has 1 fully saturated rings. The average Bonchev–Trinajstić information content (AvgIpc) is 2.77. The summed E-state index contributed by atoms with van der Waals surface area (Å²) in [7, 11) is 3.10. The minimum Gasteiger partial charge on any atom is -0.374 e. The zero-order valence-electron chi connectivity index (χ0n) is 12.4. The van der Waals surface area contributed by atoms with Crippen LogP contribution in [0.25, 0.3) is 11.0 Å². The fourth-order valence-corrected chi connectivity index (χ4v) is 3.11. The lowest BCUT2D eigenvalue weighted by Crippen LogP contribution is -2.47. The van der Waals surface area contributed by atoms with Crippen LogP contribution in [0.15, 0.2) is 23.0 Å². The van der Waals surface area contributed by atoms with Gasteiger partial charge in [-0.1, -0.05) is 6.07 Å². The summed E-state index contributed by atoms with van der Waals surface area (Å²) in [4.78, 5) is 37.4. The van der Waals surface area contributed by atoms with E-state index in [1.54, 1.807) is 25.2 Å². The number of likely N-dealkylation sites (tertiary alicyclic amines) is 1. The van der Waals surface area contributed by atoms with Gasteiger partial charge in [0.2, 0.25) is 5.91 Å². The van der Waals surface area contributed by atoms with Crippen LogP contribution in [0, 0.1) is 0 Å².